The van der Waals surface area contributed by atoms with Crippen molar-refractivity contribution in [3.8, 4) is 16.9 Å². The quantitative estimate of drug-likeness (QED) is 0.218. The first-order valence-electron chi connectivity index (χ1n) is 12.3. The first-order valence-corrected chi connectivity index (χ1v) is 12.3. The Kier molecular flexibility index (Phi) is 8.66. The summed E-state index contributed by atoms with van der Waals surface area (Å²) in [5, 5.41) is 9.62. The lowest BCUT2D eigenvalue weighted by Crippen LogP contribution is -2.18. The van der Waals surface area contributed by atoms with Crippen LogP contribution in [0.3, 0.4) is 0 Å². The summed E-state index contributed by atoms with van der Waals surface area (Å²) in [6.45, 7) is 0.514. The van der Waals surface area contributed by atoms with Gasteiger partial charge in [-0.05, 0) is 53.6 Å². The number of Topliss-reactive ketones (excluding diaryl/α,β-unsaturated/α-hetero) is 1. The average Bonchev–Trinajstić information content (AvgIpc) is 2.93. The highest BCUT2D eigenvalue weighted by atomic mass is 16.5. The number of rotatable bonds is 12. The zero-order valence-electron chi connectivity index (χ0n) is 20.2. The molecule has 0 bridgehead atoms. The third kappa shape index (κ3) is 7.16. The number of benzene rings is 4. The van der Waals surface area contributed by atoms with Gasteiger partial charge in [-0.25, -0.2) is 0 Å². The average molecular weight is 479 g/mol. The fourth-order valence-corrected chi connectivity index (χ4v) is 4.18. The number of carbonyl (C=O) groups is 2. The van der Waals surface area contributed by atoms with E-state index in [-0.39, 0.29) is 12.2 Å². The molecule has 182 valence electrons. The lowest BCUT2D eigenvalue weighted by molar-refractivity contribution is -0.141. The van der Waals surface area contributed by atoms with Crippen molar-refractivity contribution in [3.05, 3.63) is 126 Å². The number of carboxylic acid groups (broad SMARTS) is 1. The molecule has 0 saturated carbocycles. The van der Waals surface area contributed by atoms with Crippen molar-refractivity contribution in [1.29, 1.82) is 0 Å². The van der Waals surface area contributed by atoms with E-state index in [0.29, 0.717) is 18.6 Å². The summed E-state index contributed by atoms with van der Waals surface area (Å²) in [6.07, 6.45) is 2.03. The minimum atomic E-state index is -0.914. The number of aryl methyl sites for hydroxylation is 1. The lowest BCUT2D eigenvalue weighted by atomic mass is 9.92. The van der Waals surface area contributed by atoms with Crippen molar-refractivity contribution in [2.24, 2.45) is 5.92 Å². The van der Waals surface area contributed by atoms with Crippen LogP contribution in [0, 0.1) is 5.92 Å². The molecule has 4 heteroatoms. The van der Waals surface area contributed by atoms with Crippen LogP contribution in [0.2, 0.25) is 0 Å². The maximum atomic E-state index is 12.8. The van der Waals surface area contributed by atoms with Gasteiger partial charge in [0.15, 0.2) is 5.78 Å². The van der Waals surface area contributed by atoms with E-state index in [2.05, 4.69) is 0 Å². The summed E-state index contributed by atoms with van der Waals surface area (Å²) in [4.78, 5) is 24.5. The number of ketones is 1. The topological polar surface area (TPSA) is 63.6 Å². The lowest BCUT2D eigenvalue weighted by Gasteiger charge is -2.12. The van der Waals surface area contributed by atoms with Crippen LogP contribution >= 0.6 is 0 Å². The zero-order valence-corrected chi connectivity index (χ0v) is 20.2. The molecule has 4 aromatic carbocycles. The molecule has 4 nitrogen and oxygen atoms in total. The van der Waals surface area contributed by atoms with Crippen LogP contribution in [0.15, 0.2) is 109 Å². The second kappa shape index (κ2) is 12.5. The number of hydrogen-bond acceptors (Lipinski definition) is 3. The van der Waals surface area contributed by atoms with Crippen molar-refractivity contribution in [2.45, 2.75) is 32.3 Å². The van der Waals surface area contributed by atoms with Crippen LogP contribution in [0.25, 0.3) is 11.1 Å². The second-order valence-corrected chi connectivity index (χ2v) is 8.92. The molecule has 36 heavy (non-hydrogen) atoms. The van der Waals surface area contributed by atoms with E-state index in [9.17, 15) is 14.7 Å². The minimum Gasteiger partial charge on any atom is -0.489 e. The molecular formula is C32H30O4. The van der Waals surface area contributed by atoms with Crippen LogP contribution < -0.4 is 4.74 Å². The highest BCUT2D eigenvalue weighted by molar-refractivity contribution is 5.98. The molecule has 0 fully saturated rings. The van der Waals surface area contributed by atoms with Gasteiger partial charge < -0.3 is 9.84 Å². The van der Waals surface area contributed by atoms with Gasteiger partial charge in [-0.2, -0.15) is 0 Å². The number of aliphatic carboxylic acids is 1. The van der Waals surface area contributed by atoms with Crippen LogP contribution in [-0.4, -0.2) is 16.9 Å². The van der Waals surface area contributed by atoms with Crippen LogP contribution in [-0.2, 0) is 17.8 Å². The molecule has 0 spiro atoms. The van der Waals surface area contributed by atoms with Gasteiger partial charge in [0.05, 0.1) is 5.92 Å². The third-order valence-electron chi connectivity index (χ3n) is 6.28. The number of carboxylic acids is 1. The summed E-state index contributed by atoms with van der Waals surface area (Å²) in [5.41, 5.74) is 4.84. The summed E-state index contributed by atoms with van der Waals surface area (Å²) >= 11 is 0. The van der Waals surface area contributed by atoms with E-state index in [1.165, 1.54) is 5.56 Å². The Bertz CT molecular complexity index is 1250. The zero-order chi connectivity index (χ0) is 25.2. The number of carbonyl (C=O) groups excluding carboxylic acids is 1. The highest BCUT2D eigenvalue weighted by Gasteiger charge is 2.21. The number of ether oxygens (including phenoxy) is 1. The summed E-state index contributed by atoms with van der Waals surface area (Å²) in [7, 11) is 0. The van der Waals surface area contributed by atoms with Gasteiger partial charge in [0.2, 0.25) is 0 Å². The highest BCUT2D eigenvalue weighted by Crippen LogP contribution is 2.25. The first-order chi connectivity index (χ1) is 17.6. The first kappa shape index (κ1) is 24.9. The van der Waals surface area contributed by atoms with E-state index in [0.717, 1.165) is 35.3 Å². The van der Waals surface area contributed by atoms with E-state index < -0.39 is 11.9 Å². The van der Waals surface area contributed by atoms with Gasteiger partial charge in [-0.3, -0.25) is 9.59 Å². The van der Waals surface area contributed by atoms with Gasteiger partial charge in [0.1, 0.15) is 12.4 Å². The SMILES string of the molecule is O=C(CC(CCCc1ccccc1)C(=O)O)c1ccc(-c2ccc(OCc3ccccc3)cc2)cc1. The predicted octanol–water partition coefficient (Wildman–Crippen LogP) is 7.23. The maximum Gasteiger partial charge on any atom is 0.306 e. The normalized spacial score (nSPS) is 11.6. The molecule has 4 aromatic rings. The van der Waals surface area contributed by atoms with Crippen molar-refractivity contribution in [1.82, 2.24) is 0 Å². The van der Waals surface area contributed by atoms with Gasteiger partial charge in [0, 0.05) is 12.0 Å². The van der Waals surface area contributed by atoms with Crippen molar-refractivity contribution in [3.63, 3.8) is 0 Å². The fourth-order valence-electron chi connectivity index (χ4n) is 4.18. The molecule has 0 aromatic heterocycles. The molecule has 0 heterocycles. The molecule has 0 aliphatic carbocycles. The Labute approximate surface area is 212 Å². The Balaban J connectivity index is 1.31. The van der Waals surface area contributed by atoms with Gasteiger partial charge in [0.25, 0.3) is 0 Å². The molecule has 0 amide bonds. The minimum absolute atomic E-state index is 0.0108. The smallest absolute Gasteiger partial charge is 0.306 e. The van der Waals surface area contributed by atoms with E-state index in [4.69, 9.17) is 4.74 Å². The molecular weight excluding hydrogens is 448 g/mol. The monoisotopic (exact) mass is 478 g/mol. The Hall–Kier alpha value is -4.18. The van der Waals surface area contributed by atoms with E-state index >= 15 is 0 Å². The van der Waals surface area contributed by atoms with Gasteiger partial charge in [-0.15, -0.1) is 0 Å². The van der Waals surface area contributed by atoms with E-state index in [1.807, 2.05) is 97.1 Å². The fraction of sp³-hybridized carbons (Fsp3) is 0.188. The second-order valence-electron chi connectivity index (χ2n) is 8.92. The summed E-state index contributed by atoms with van der Waals surface area (Å²) in [6, 6.07) is 35.2. The molecule has 1 unspecified atom stereocenters. The molecule has 1 atom stereocenters. The molecule has 0 aliphatic rings. The standard InChI is InChI=1S/C32H30O4/c33-31(22-29(32(34)35)13-7-12-24-8-3-1-4-9-24)28-16-14-26(15-17-28)27-18-20-30(21-19-27)36-23-25-10-5-2-6-11-25/h1-6,8-11,14-21,29H,7,12-13,22-23H2,(H,34,35). The molecule has 0 saturated heterocycles. The van der Waals surface area contributed by atoms with Crippen molar-refractivity contribution in [2.75, 3.05) is 0 Å². The third-order valence-corrected chi connectivity index (χ3v) is 6.28. The molecule has 0 aliphatic heterocycles. The summed E-state index contributed by atoms with van der Waals surface area (Å²) < 4.78 is 5.85. The van der Waals surface area contributed by atoms with E-state index in [1.54, 1.807) is 12.1 Å². The van der Waals surface area contributed by atoms with Crippen molar-refractivity contribution < 1.29 is 19.4 Å². The molecule has 0 radical (unpaired) electrons. The Morgan fingerprint density at radius 2 is 1.25 bits per heavy atom. The van der Waals surface area contributed by atoms with Crippen LogP contribution in [0.5, 0.6) is 5.75 Å². The van der Waals surface area contributed by atoms with Crippen LogP contribution in [0.1, 0.15) is 40.7 Å². The molecule has 4 rings (SSSR count). The van der Waals surface area contributed by atoms with Crippen molar-refractivity contribution >= 4 is 11.8 Å². The largest absolute Gasteiger partial charge is 0.489 e. The Morgan fingerprint density at radius 3 is 1.83 bits per heavy atom. The van der Waals surface area contributed by atoms with Crippen LogP contribution in [0.4, 0.5) is 0 Å². The Morgan fingerprint density at radius 1 is 0.694 bits per heavy atom. The number of hydrogen-bond donors (Lipinski definition) is 1. The maximum absolute atomic E-state index is 12.8. The van der Waals surface area contributed by atoms with Gasteiger partial charge in [-0.1, -0.05) is 97.1 Å². The van der Waals surface area contributed by atoms with Gasteiger partial charge >= 0.3 is 5.97 Å². The molecule has 1 N–H and O–H groups in total. The summed E-state index contributed by atoms with van der Waals surface area (Å²) in [5.74, 6) is -0.938. The predicted molar refractivity (Wildman–Crippen MR) is 142 cm³/mol.